The third kappa shape index (κ3) is 2.75. The van der Waals surface area contributed by atoms with Gasteiger partial charge in [-0.3, -0.25) is 9.59 Å². The van der Waals surface area contributed by atoms with Crippen molar-refractivity contribution in [2.24, 2.45) is 11.8 Å². The number of nitrogens with one attached hydrogen (secondary N) is 1. The Hall–Kier alpha value is -2.57. The van der Waals surface area contributed by atoms with Crippen LogP contribution in [0.25, 0.3) is 0 Å². The topological polar surface area (TPSA) is 71.8 Å². The van der Waals surface area contributed by atoms with Crippen LogP contribution in [-0.2, 0) is 27.4 Å². The van der Waals surface area contributed by atoms with E-state index in [4.69, 9.17) is 20.8 Å². The molecule has 0 unspecified atom stereocenters. The van der Waals surface area contributed by atoms with Gasteiger partial charge in [-0.2, -0.15) is 0 Å². The lowest BCUT2D eigenvalue weighted by Crippen LogP contribution is -2.43. The van der Waals surface area contributed by atoms with Crippen LogP contribution in [-0.4, -0.2) is 35.0 Å². The molecule has 0 aliphatic carbocycles. The predicted molar refractivity (Wildman–Crippen MR) is 101 cm³/mol. The van der Waals surface area contributed by atoms with Gasteiger partial charge in [-0.1, -0.05) is 35.9 Å². The molecule has 4 atom stereocenters. The van der Waals surface area contributed by atoms with Crippen LogP contribution in [0.2, 0.25) is 5.02 Å². The molecule has 1 spiro atoms. The van der Waals surface area contributed by atoms with E-state index in [0.29, 0.717) is 30.4 Å². The molecule has 6 nitrogen and oxygen atoms in total. The fraction of sp³-hybridized carbons (Fsp3) is 0.333. The zero-order valence-corrected chi connectivity index (χ0v) is 15.8. The van der Waals surface area contributed by atoms with E-state index < -0.39 is 17.4 Å². The van der Waals surface area contributed by atoms with Crippen LogP contribution in [0.15, 0.2) is 59.2 Å². The molecule has 5 rings (SSSR count). The quantitative estimate of drug-likeness (QED) is 0.785. The first-order valence-electron chi connectivity index (χ1n) is 9.26. The molecule has 1 N–H and O–H groups in total. The summed E-state index contributed by atoms with van der Waals surface area (Å²) >= 11 is 5.90. The number of carbonyl (C=O) groups is 2. The molecular weight excluding hydrogens is 380 g/mol. The van der Waals surface area contributed by atoms with Gasteiger partial charge in [0.15, 0.2) is 0 Å². The molecule has 144 valence electrons. The Morgan fingerprint density at radius 1 is 1.29 bits per heavy atom. The van der Waals surface area contributed by atoms with E-state index in [-0.39, 0.29) is 17.9 Å². The maximum Gasteiger partial charge on any atom is 0.230 e. The summed E-state index contributed by atoms with van der Waals surface area (Å²) in [5, 5.41) is 3.60. The van der Waals surface area contributed by atoms with E-state index in [0.717, 1.165) is 5.56 Å². The first-order chi connectivity index (χ1) is 13.6. The molecule has 3 aliphatic rings. The third-order valence-electron chi connectivity index (χ3n) is 5.79. The molecular formula is C21H19ClN2O4. The molecule has 0 saturated carbocycles. The van der Waals surface area contributed by atoms with Crippen LogP contribution in [0.4, 0.5) is 0 Å². The monoisotopic (exact) mass is 398 g/mol. The van der Waals surface area contributed by atoms with Crippen molar-refractivity contribution in [1.82, 2.24) is 10.2 Å². The number of ether oxygens (including phenoxy) is 1. The van der Waals surface area contributed by atoms with Crippen molar-refractivity contribution in [3.8, 4) is 0 Å². The molecule has 4 heterocycles. The lowest BCUT2D eigenvalue weighted by molar-refractivity contribution is -0.138. The summed E-state index contributed by atoms with van der Waals surface area (Å²) in [5.74, 6) is -0.527. The average Bonchev–Trinajstić information content (AvgIpc) is 3.45. The summed E-state index contributed by atoms with van der Waals surface area (Å²) in [6.07, 6.45) is 5.09. The molecule has 3 aliphatic heterocycles. The molecule has 2 amide bonds. The van der Waals surface area contributed by atoms with Crippen LogP contribution in [0.1, 0.15) is 11.3 Å². The second kappa shape index (κ2) is 6.50. The second-order valence-electron chi connectivity index (χ2n) is 7.52. The van der Waals surface area contributed by atoms with Crippen LogP contribution in [0.3, 0.4) is 0 Å². The molecule has 1 aromatic carbocycles. The highest BCUT2D eigenvalue weighted by atomic mass is 35.5. The Morgan fingerprint density at radius 3 is 2.86 bits per heavy atom. The van der Waals surface area contributed by atoms with Gasteiger partial charge in [-0.25, -0.2) is 0 Å². The summed E-state index contributed by atoms with van der Waals surface area (Å²) in [7, 11) is 0. The standard InChI is InChI=1S/C21H19ClN2O4/c22-14-5-3-13(4-6-14)10-23-19(25)17-16-7-8-21(28-16)12-24(20(26)18(17)21)11-15-2-1-9-27-15/h1-9,16-18H,10-12H2,(H,23,25)/t16-,17-,18+,21+/m0/s1. The van der Waals surface area contributed by atoms with Gasteiger partial charge < -0.3 is 19.4 Å². The number of likely N-dealkylation sites (tertiary alicyclic amines) is 1. The number of rotatable bonds is 5. The van der Waals surface area contributed by atoms with Gasteiger partial charge in [0.25, 0.3) is 0 Å². The molecule has 0 radical (unpaired) electrons. The Morgan fingerprint density at radius 2 is 2.11 bits per heavy atom. The Bertz CT molecular complexity index is 940. The lowest BCUT2D eigenvalue weighted by atomic mass is 9.77. The summed E-state index contributed by atoms with van der Waals surface area (Å²) in [6, 6.07) is 10.9. The number of nitrogens with zero attached hydrogens (tertiary/aromatic N) is 1. The van der Waals surface area contributed by atoms with Gasteiger partial charge in [0, 0.05) is 11.6 Å². The van der Waals surface area contributed by atoms with Crippen molar-refractivity contribution in [1.29, 1.82) is 0 Å². The fourth-order valence-electron chi connectivity index (χ4n) is 4.51. The Kier molecular flexibility index (Phi) is 4.07. The van der Waals surface area contributed by atoms with E-state index in [9.17, 15) is 9.59 Å². The first kappa shape index (κ1) is 17.5. The van der Waals surface area contributed by atoms with E-state index in [2.05, 4.69) is 5.32 Å². The molecule has 7 heteroatoms. The highest BCUT2D eigenvalue weighted by molar-refractivity contribution is 6.30. The van der Waals surface area contributed by atoms with Gasteiger partial charge in [-0.05, 0) is 29.8 Å². The molecule has 2 aromatic rings. The fourth-order valence-corrected chi connectivity index (χ4v) is 4.64. The van der Waals surface area contributed by atoms with E-state index in [1.807, 2.05) is 30.4 Å². The third-order valence-corrected chi connectivity index (χ3v) is 6.04. The second-order valence-corrected chi connectivity index (χ2v) is 7.95. The van der Waals surface area contributed by atoms with Gasteiger partial charge in [0.1, 0.15) is 11.4 Å². The zero-order valence-electron chi connectivity index (χ0n) is 15.0. The van der Waals surface area contributed by atoms with Gasteiger partial charge in [0.05, 0.1) is 37.3 Å². The van der Waals surface area contributed by atoms with Crippen LogP contribution >= 0.6 is 11.6 Å². The highest BCUT2D eigenvalue weighted by Crippen LogP contribution is 2.52. The summed E-state index contributed by atoms with van der Waals surface area (Å²) in [6.45, 7) is 1.20. The normalized spacial score (nSPS) is 30.1. The maximum absolute atomic E-state index is 13.1. The minimum Gasteiger partial charge on any atom is -0.467 e. The lowest BCUT2D eigenvalue weighted by Gasteiger charge is -2.23. The number of hydrogen-bond acceptors (Lipinski definition) is 4. The van der Waals surface area contributed by atoms with Crippen LogP contribution in [0.5, 0.6) is 0 Å². The number of amides is 2. The van der Waals surface area contributed by atoms with Crippen molar-refractivity contribution in [3.05, 3.63) is 71.2 Å². The number of benzene rings is 1. The van der Waals surface area contributed by atoms with E-state index in [1.165, 1.54) is 0 Å². The maximum atomic E-state index is 13.1. The van der Waals surface area contributed by atoms with Crippen LogP contribution < -0.4 is 5.32 Å². The molecule has 1 aromatic heterocycles. The predicted octanol–water partition coefficient (Wildman–Crippen LogP) is 2.53. The van der Waals surface area contributed by atoms with Gasteiger partial charge in [-0.15, -0.1) is 0 Å². The highest BCUT2D eigenvalue weighted by Gasteiger charge is 2.66. The zero-order chi connectivity index (χ0) is 19.3. The number of furan rings is 1. The summed E-state index contributed by atoms with van der Waals surface area (Å²) in [5.41, 5.74) is 0.237. The average molecular weight is 399 g/mol. The van der Waals surface area contributed by atoms with Crippen molar-refractivity contribution in [2.75, 3.05) is 6.54 Å². The van der Waals surface area contributed by atoms with E-state index in [1.54, 1.807) is 29.4 Å². The van der Waals surface area contributed by atoms with Crippen molar-refractivity contribution < 1.29 is 18.7 Å². The number of carbonyl (C=O) groups excluding carboxylic acids is 2. The summed E-state index contributed by atoms with van der Waals surface area (Å²) < 4.78 is 11.5. The van der Waals surface area contributed by atoms with Crippen molar-refractivity contribution >= 4 is 23.4 Å². The number of halogens is 1. The SMILES string of the molecule is O=C(NCc1ccc(Cl)cc1)[C@H]1[C@@H]2C=C[C@]3(CN(Cc4ccco4)C(=O)[C@@H]13)O2. The molecule has 2 fully saturated rings. The minimum absolute atomic E-state index is 0.0603. The smallest absolute Gasteiger partial charge is 0.230 e. The van der Waals surface area contributed by atoms with Gasteiger partial charge >= 0.3 is 0 Å². The minimum atomic E-state index is -0.712. The number of hydrogen-bond donors (Lipinski definition) is 1. The Balaban J connectivity index is 1.32. The molecule has 2 saturated heterocycles. The molecule has 28 heavy (non-hydrogen) atoms. The van der Waals surface area contributed by atoms with Gasteiger partial charge in [0.2, 0.25) is 11.8 Å². The largest absolute Gasteiger partial charge is 0.467 e. The number of fused-ring (bicyclic) bond motifs is 1. The van der Waals surface area contributed by atoms with Crippen molar-refractivity contribution in [3.63, 3.8) is 0 Å². The van der Waals surface area contributed by atoms with E-state index >= 15 is 0 Å². The first-order valence-corrected chi connectivity index (χ1v) is 9.64. The van der Waals surface area contributed by atoms with Crippen molar-refractivity contribution in [2.45, 2.75) is 24.8 Å². The summed E-state index contributed by atoms with van der Waals surface area (Å²) in [4.78, 5) is 27.8. The Labute approximate surface area is 167 Å². The molecule has 2 bridgehead atoms. The van der Waals surface area contributed by atoms with Crippen LogP contribution in [0, 0.1) is 11.8 Å².